The highest BCUT2D eigenvalue weighted by Crippen LogP contribution is 2.02. The number of benzene rings is 2. The van der Waals surface area contributed by atoms with Crippen LogP contribution in [0.3, 0.4) is 0 Å². The molecule has 6 nitrogen and oxygen atoms in total. The molecule has 0 unspecified atom stereocenters. The molecule has 6 heteroatoms. The van der Waals surface area contributed by atoms with Gasteiger partial charge in [0.05, 0.1) is 0 Å². The van der Waals surface area contributed by atoms with Crippen molar-refractivity contribution in [2.75, 3.05) is 0 Å². The molecule has 0 atom stereocenters. The molecule has 0 spiro atoms. The van der Waals surface area contributed by atoms with Gasteiger partial charge in [-0.3, -0.25) is 0 Å². The molecule has 0 bridgehead atoms. The van der Waals surface area contributed by atoms with E-state index in [-0.39, 0.29) is 11.7 Å². The molecule has 0 saturated carbocycles. The molecule has 2 aromatic carbocycles. The second-order valence-electron chi connectivity index (χ2n) is 4.70. The van der Waals surface area contributed by atoms with Crippen molar-refractivity contribution in [1.29, 1.82) is 0 Å². The monoisotopic (exact) mass is 300 g/mol. The van der Waals surface area contributed by atoms with Gasteiger partial charge in [0.2, 0.25) is 0 Å². The summed E-state index contributed by atoms with van der Waals surface area (Å²) in [4.78, 5) is 0. The van der Waals surface area contributed by atoms with Crippen molar-refractivity contribution < 1.29 is 10.4 Å². The number of nitrogens with two attached hydrogens (primary N) is 2. The van der Waals surface area contributed by atoms with Gasteiger partial charge in [-0.05, 0) is 13.8 Å². The highest BCUT2D eigenvalue weighted by Gasteiger charge is 1.96. The highest BCUT2D eigenvalue weighted by molar-refractivity contribution is 5.97. The molecule has 116 valence electrons. The van der Waals surface area contributed by atoms with E-state index in [1.54, 1.807) is 0 Å². The van der Waals surface area contributed by atoms with Crippen LogP contribution in [0.5, 0.6) is 0 Å². The third-order valence-electron chi connectivity index (χ3n) is 2.91. The molecule has 0 amide bonds. The fraction of sp³-hybridized carbons (Fsp3) is 0.125. The SMILES string of the molecule is Cc1ccc(/C(N)=N/O)cc1.Cc1ccc(/C(N)=N/O)cc1. The van der Waals surface area contributed by atoms with Crippen LogP contribution in [-0.4, -0.2) is 22.1 Å². The Kier molecular flexibility index (Phi) is 6.43. The minimum atomic E-state index is 0.144. The Balaban J connectivity index is 0.000000220. The highest BCUT2D eigenvalue weighted by atomic mass is 16.4. The quantitative estimate of drug-likeness (QED) is 0.294. The summed E-state index contributed by atoms with van der Waals surface area (Å²) in [7, 11) is 0. The van der Waals surface area contributed by atoms with Crippen LogP contribution >= 0.6 is 0 Å². The average Bonchev–Trinajstić information content (AvgIpc) is 2.55. The van der Waals surface area contributed by atoms with Gasteiger partial charge in [0.1, 0.15) is 0 Å². The first-order chi connectivity index (χ1) is 10.5. The number of hydrogen-bond acceptors (Lipinski definition) is 4. The molecule has 2 aromatic rings. The van der Waals surface area contributed by atoms with Gasteiger partial charge in [-0.2, -0.15) is 0 Å². The fourth-order valence-electron chi connectivity index (χ4n) is 1.56. The lowest BCUT2D eigenvalue weighted by Crippen LogP contribution is -2.12. The minimum absolute atomic E-state index is 0.144. The molecule has 2 rings (SSSR count). The normalized spacial score (nSPS) is 11.5. The Bertz CT molecular complexity index is 587. The standard InChI is InChI=1S/2C8H10N2O/c2*1-6-2-4-7(5-3-6)8(9)10-11/h2*2-5,11H,1H3,(H2,9,10). The largest absolute Gasteiger partial charge is 0.409 e. The van der Waals surface area contributed by atoms with E-state index in [2.05, 4.69) is 10.3 Å². The van der Waals surface area contributed by atoms with Crippen LogP contribution in [-0.2, 0) is 0 Å². The Hall–Kier alpha value is -3.02. The predicted molar refractivity (Wildman–Crippen MR) is 87.4 cm³/mol. The lowest BCUT2D eigenvalue weighted by atomic mass is 10.1. The summed E-state index contributed by atoms with van der Waals surface area (Å²) in [6.07, 6.45) is 0. The van der Waals surface area contributed by atoms with E-state index in [4.69, 9.17) is 21.9 Å². The van der Waals surface area contributed by atoms with Gasteiger partial charge >= 0.3 is 0 Å². The van der Waals surface area contributed by atoms with E-state index < -0.39 is 0 Å². The van der Waals surface area contributed by atoms with E-state index in [1.807, 2.05) is 62.4 Å². The molecular weight excluding hydrogens is 280 g/mol. The lowest BCUT2D eigenvalue weighted by Gasteiger charge is -1.97. The topological polar surface area (TPSA) is 117 Å². The summed E-state index contributed by atoms with van der Waals surface area (Å²) in [6, 6.07) is 14.9. The third-order valence-corrected chi connectivity index (χ3v) is 2.91. The Morgan fingerprint density at radius 1 is 0.682 bits per heavy atom. The first-order valence-corrected chi connectivity index (χ1v) is 6.57. The molecule has 0 heterocycles. The van der Waals surface area contributed by atoms with Crippen molar-refractivity contribution in [3.05, 3.63) is 70.8 Å². The number of hydrogen-bond donors (Lipinski definition) is 4. The number of oxime groups is 2. The van der Waals surface area contributed by atoms with E-state index in [0.717, 1.165) is 22.3 Å². The number of amidine groups is 2. The molecule has 22 heavy (non-hydrogen) atoms. The maximum Gasteiger partial charge on any atom is 0.170 e. The first kappa shape index (κ1) is 17.0. The predicted octanol–water partition coefficient (Wildman–Crippen LogP) is 2.18. The van der Waals surface area contributed by atoms with Crippen molar-refractivity contribution in [2.24, 2.45) is 21.8 Å². The molecule has 0 aliphatic carbocycles. The van der Waals surface area contributed by atoms with E-state index >= 15 is 0 Å². The molecule has 0 aliphatic rings. The summed E-state index contributed by atoms with van der Waals surface area (Å²) < 4.78 is 0. The lowest BCUT2D eigenvalue weighted by molar-refractivity contribution is 0.318. The average molecular weight is 300 g/mol. The van der Waals surface area contributed by atoms with E-state index in [1.165, 1.54) is 0 Å². The second kappa shape index (κ2) is 8.31. The summed E-state index contributed by atoms with van der Waals surface area (Å²) in [5.41, 5.74) is 14.5. The number of nitrogens with zero attached hydrogens (tertiary/aromatic N) is 2. The van der Waals surface area contributed by atoms with Crippen molar-refractivity contribution in [1.82, 2.24) is 0 Å². The zero-order chi connectivity index (χ0) is 16.5. The summed E-state index contributed by atoms with van der Waals surface area (Å²) in [6.45, 7) is 3.96. The van der Waals surface area contributed by atoms with Crippen molar-refractivity contribution in [3.63, 3.8) is 0 Å². The minimum Gasteiger partial charge on any atom is -0.409 e. The van der Waals surface area contributed by atoms with Gasteiger partial charge in [0.25, 0.3) is 0 Å². The van der Waals surface area contributed by atoms with E-state index in [9.17, 15) is 0 Å². The second-order valence-corrected chi connectivity index (χ2v) is 4.70. The Labute approximate surface area is 129 Å². The van der Waals surface area contributed by atoms with Crippen LogP contribution < -0.4 is 11.5 Å². The number of aryl methyl sites for hydroxylation is 2. The summed E-state index contributed by atoms with van der Waals surface area (Å²) in [5, 5.41) is 22.4. The van der Waals surface area contributed by atoms with Gasteiger partial charge < -0.3 is 21.9 Å². The molecule has 0 aliphatic heterocycles. The maximum absolute atomic E-state index is 8.32. The van der Waals surface area contributed by atoms with Gasteiger partial charge in [0.15, 0.2) is 11.7 Å². The van der Waals surface area contributed by atoms with Gasteiger partial charge in [-0.25, -0.2) is 0 Å². The maximum atomic E-state index is 8.32. The van der Waals surface area contributed by atoms with Gasteiger partial charge in [-0.15, -0.1) is 0 Å². The molecular formula is C16H20N4O2. The summed E-state index contributed by atoms with van der Waals surface area (Å²) in [5.74, 6) is 0.287. The molecule has 0 saturated heterocycles. The van der Waals surface area contributed by atoms with Crippen LogP contribution in [0.2, 0.25) is 0 Å². The van der Waals surface area contributed by atoms with Crippen molar-refractivity contribution in [2.45, 2.75) is 13.8 Å². The third kappa shape index (κ3) is 5.16. The van der Waals surface area contributed by atoms with Crippen molar-refractivity contribution in [3.8, 4) is 0 Å². The van der Waals surface area contributed by atoms with Crippen LogP contribution in [0.1, 0.15) is 22.3 Å². The van der Waals surface area contributed by atoms with E-state index in [0.29, 0.717) is 0 Å². The number of rotatable bonds is 2. The van der Waals surface area contributed by atoms with Crippen LogP contribution in [0, 0.1) is 13.8 Å². The first-order valence-electron chi connectivity index (χ1n) is 6.57. The van der Waals surface area contributed by atoms with Gasteiger partial charge in [0, 0.05) is 11.1 Å². The molecule has 0 aromatic heterocycles. The molecule has 0 fully saturated rings. The smallest absolute Gasteiger partial charge is 0.170 e. The Morgan fingerprint density at radius 2 is 0.955 bits per heavy atom. The Morgan fingerprint density at radius 3 is 1.18 bits per heavy atom. The fourth-order valence-corrected chi connectivity index (χ4v) is 1.56. The van der Waals surface area contributed by atoms with Gasteiger partial charge in [-0.1, -0.05) is 70.0 Å². The zero-order valence-electron chi connectivity index (χ0n) is 12.6. The molecule has 6 N–H and O–H groups in total. The molecule has 0 radical (unpaired) electrons. The van der Waals surface area contributed by atoms with Crippen LogP contribution in [0.25, 0.3) is 0 Å². The van der Waals surface area contributed by atoms with Crippen LogP contribution in [0.4, 0.5) is 0 Å². The zero-order valence-corrected chi connectivity index (χ0v) is 12.6. The summed E-state index contributed by atoms with van der Waals surface area (Å²) >= 11 is 0. The van der Waals surface area contributed by atoms with Crippen LogP contribution in [0.15, 0.2) is 58.8 Å². The van der Waals surface area contributed by atoms with Crippen molar-refractivity contribution >= 4 is 11.7 Å².